The number of carboxylic acid groups (broad SMARTS) is 1. The number of aromatic carboxylic acids is 1. The molecule has 2 aromatic rings. The monoisotopic (exact) mass is 276 g/mol. The van der Waals surface area contributed by atoms with Gasteiger partial charge in [0.05, 0.1) is 12.2 Å². The summed E-state index contributed by atoms with van der Waals surface area (Å²) in [5.74, 6) is -2.92. The number of carboxylic acids is 1. The average Bonchev–Trinajstić information content (AvgIpc) is 3.26. The van der Waals surface area contributed by atoms with Gasteiger partial charge in [0.2, 0.25) is 0 Å². The molecule has 3 rings (SSSR count). The van der Waals surface area contributed by atoms with E-state index in [4.69, 9.17) is 9.84 Å². The Labute approximate surface area is 113 Å². The van der Waals surface area contributed by atoms with Crippen molar-refractivity contribution in [1.29, 1.82) is 0 Å². The average molecular weight is 276 g/mol. The first-order chi connectivity index (χ1) is 9.58. The third-order valence-corrected chi connectivity index (χ3v) is 3.24. The zero-order chi connectivity index (χ0) is 14.3. The molecule has 0 bridgehead atoms. The fourth-order valence-electron chi connectivity index (χ4n) is 2.06. The third-order valence-electron chi connectivity index (χ3n) is 3.24. The van der Waals surface area contributed by atoms with E-state index in [-0.39, 0.29) is 22.8 Å². The lowest BCUT2D eigenvalue weighted by molar-refractivity contribution is 0.0697. The van der Waals surface area contributed by atoms with Crippen LogP contribution in [-0.2, 0) is 4.74 Å². The molecule has 0 saturated carbocycles. The Balaban J connectivity index is 2.01. The molecule has 20 heavy (non-hydrogen) atoms. The van der Waals surface area contributed by atoms with Gasteiger partial charge in [-0.2, -0.15) is 0 Å². The zero-order valence-electron chi connectivity index (χ0n) is 10.3. The van der Waals surface area contributed by atoms with Crippen LogP contribution < -0.4 is 0 Å². The van der Waals surface area contributed by atoms with Crippen LogP contribution in [0.2, 0.25) is 0 Å². The van der Waals surface area contributed by atoms with Gasteiger partial charge < -0.3 is 9.84 Å². The third kappa shape index (κ3) is 2.16. The molecular formula is C15H10F2O3. The molecule has 102 valence electrons. The summed E-state index contributed by atoms with van der Waals surface area (Å²) < 4.78 is 32.9. The number of hydrogen-bond donors (Lipinski definition) is 1. The number of ether oxygens (including phenoxy) is 1. The van der Waals surface area contributed by atoms with Crippen molar-refractivity contribution in [2.75, 3.05) is 6.61 Å². The second kappa shape index (κ2) is 4.68. The topological polar surface area (TPSA) is 49.8 Å². The summed E-state index contributed by atoms with van der Waals surface area (Å²) in [4.78, 5) is 10.7. The lowest BCUT2D eigenvalue weighted by atomic mass is 10.0. The van der Waals surface area contributed by atoms with Gasteiger partial charge in [-0.05, 0) is 17.7 Å². The van der Waals surface area contributed by atoms with E-state index in [1.165, 1.54) is 36.4 Å². The van der Waals surface area contributed by atoms with Gasteiger partial charge in [0, 0.05) is 11.1 Å². The van der Waals surface area contributed by atoms with E-state index in [9.17, 15) is 13.6 Å². The number of rotatable bonds is 3. The molecule has 1 aliphatic rings. The summed E-state index contributed by atoms with van der Waals surface area (Å²) in [5.41, 5.74) is 0.838. The first kappa shape index (κ1) is 12.7. The fraction of sp³-hybridized carbons (Fsp3) is 0.133. The summed E-state index contributed by atoms with van der Waals surface area (Å²) in [5, 5.41) is 8.80. The maximum Gasteiger partial charge on any atom is 0.335 e. The minimum absolute atomic E-state index is 0.0950. The van der Waals surface area contributed by atoms with Crippen molar-refractivity contribution >= 4 is 5.97 Å². The first-order valence-electron chi connectivity index (χ1n) is 6.01. The van der Waals surface area contributed by atoms with E-state index < -0.39 is 17.6 Å². The van der Waals surface area contributed by atoms with Gasteiger partial charge in [0.1, 0.15) is 6.10 Å². The SMILES string of the molecule is O=C(O)c1ccc(-c2ccc(C3CO3)c(F)c2F)cc1. The van der Waals surface area contributed by atoms with Crippen molar-refractivity contribution in [3.63, 3.8) is 0 Å². The Bertz CT molecular complexity index is 676. The molecule has 1 N–H and O–H groups in total. The van der Waals surface area contributed by atoms with E-state index in [1.807, 2.05) is 0 Å². The van der Waals surface area contributed by atoms with Crippen LogP contribution in [0.4, 0.5) is 8.78 Å². The van der Waals surface area contributed by atoms with Gasteiger partial charge in [-0.1, -0.05) is 24.3 Å². The normalized spacial score (nSPS) is 17.0. The molecule has 3 nitrogen and oxygen atoms in total. The highest BCUT2D eigenvalue weighted by molar-refractivity contribution is 5.88. The van der Waals surface area contributed by atoms with Gasteiger partial charge in [-0.3, -0.25) is 0 Å². The lowest BCUT2D eigenvalue weighted by Crippen LogP contribution is -1.98. The van der Waals surface area contributed by atoms with Gasteiger partial charge in [-0.15, -0.1) is 0 Å². The maximum absolute atomic E-state index is 14.0. The molecule has 1 atom stereocenters. The number of benzene rings is 2. The summed E-state index contributed by atoms with van der Waals surface area (Å²) in [6, 6.07) is 8.59. The van der Waals surface area contributed by atoms with Crippen LogP contribution in [0.25, 0.3) is 11.1 Å². The van der Waals surface area contributed by atoms with Crippen molar-refractivity contribution in [2.45, 2.75) is 6.10 Å². The number of epoxide rings is 1. The van der Waals surface area contributed by atoms with Crippen LogP contribution in [0.3, 0.4) is 0 Å². The van der Waals surface area contributed by atoms with Crippen LogP contribution in [0.1, 0.15) is 22.0 Å². The Kier molecular flexibility index (Phi) is 2.99. The summed E-state index contributed by atoms with van der Waals surface area (Å²) in [7, 11) is 0. The Morgan fingerprint density at radius 1 is 1.10 bits per heavy atom. The van der Waals surface area contributed by atoms with Gasteiger partial charge in [0.15, 0.2) is 11.6 Å². The molecule has 0 aromatic heterocycles. The molecule has 0 radical (unpaired) electrons. The van der Waals surface area contributed by atoms with Crippen LogP contribution in [0.5, 0.6) is 0 Å². The molecule has 2 aromatic carbocycles. The van der Waals surface area contributed by atoms with Crippen molar-refractivity contribution in [3.05, 3.63) is 59.2 Å². The van der Waals surface area contributed by atoms with E-state index in [2.05, 4.69) is 0 Å². The minimum Gasteiger partial charge on any atom is -0.478 e. The number of hydrogen-bond acceptors (Lipinski definition) is 2. The van der Waals surface area contributed by atoms with E-state index in [0.29, 0.717) is 12.2 Å². The second-order valence-electron chi connectivity index (χ2n) is 4.53. The van der Waals surface area contributed by atoms with E-state index >= 15 is 0 Å². The molecule has 1 heterocycles. The summed E-state index contributed by atoms with van der Waals surface area (Å²) >= 11 is 0. The predicted octanol–water partition coefficient (Wildman–Crippen LogP) is 3.40. The Hall–Kier alpha value is -2.27. The number of carbonyl (C=O) groups is 1. The number of halogens is 2. The predicted molar refractivity (Wildman–Crippen MR) is 67.4 cm³/mol. The van der Waals surface area contributed by atoms with E-state index in [0.717, 1.165) is 0 Å². The molecule has 1 aliphatic heterocycles. The quantitative estimate of drug-likeness (QED) is 0.874. The van der Waals surface area contributed by atoms with Crippen LogP contribution in [-0.4, -0.2) is 17.7 Å². The molecular weight excluding hydrogens is 266 g/mol. The van der Waals surface area contributed by atoms with Crippen molar-refractivity contribution in [2.24, 2.45) is 0 Å². The molecule has 1 saturated heterocycles. The highest BCUT2D eigenvalue weighted by Crippen LogP contribution is 2.35. The molecule has 5 heteroatoms. The maximum atomic E-state index is 14.0. The van der Waals surface area contributed by atoms with Gasteiger partial charge >= 0.3 is 5.97 Å². The first-order valence-corrected chi connectivity index (χ1v) is 6.01. The van der Waals surface area contributed by atoms with E-state index in [1.54, 1.807) is 0 Å². The molecule has 1 unspecified atom stereocenters. The Morgan fingerprint density at radius 3 is 2.30 bits per heavy atom. The van der Waals surface area contributed by atoms with Gasteiger partial charge in [0.25, 0.3) is 0 Å². The zero-order valence-corrected chi connectivity index (χ0v) is 10.3. The second-order valence-corrected chi connectivity index (χ2v) is 4.53. The molecule has 0 amide bonds. The van der Waals surface area contributed by atoms with Crippen molar-refractivity contribution in [3.8, 4) is 11.1 Å². The van der Waals surface area contributed by atoms with Gasteiger partial charge in [-0.25, -0.2) is 13.6 Å². The lowest BCUT2D eigenvalue weighted by Gasteiger charge is -2.07. The van der Waals surface area contributed by atoms with Crippen molar-refractivity contribution in [1.82, 2.24) is 0 Å². The largest absolute Gasteiger partial charge is 0.478 e. The smallest absolute Gasteiger partial charge is 0.335 e. The standard InChI is InChI=1S/C15H10F2O3/c16-13-10(5-6-11(14(13)17)12-7-20-12)8-1-3-9(4-2-8)15(18)19/h1-6,12H,7H2,(H,18,19). The molecule has 0 aliphatic carbocycles. The van der Waals surface area contributed by atoms with Crippen LogP contribution in [0.15, 0.2) is 36.4 Å². The highest BCUT2D eigenvalue weighted by Gasteiger charge is 2.30. The van der Waals surface area contributed by atoms with Crippen LogP contribution >= 0.6 is 0 Å². The minimum atomic E-state index is -1.07. The Morgan fingerprint density at radius 2 is 1.75 bits per heavy atom. The van der Waals surface area contributed by atoms with Crippen LogP contribution in [0, 0.1) is 11.6 Å². The highest BCUT2D eigenvalue weighted by atomic mass is 19.2. The molecule has 1 fully saturated rings. The molecule has 0 spiro atoms. The summed E-state index contributed by atoms with van der Waals surface area (Å²) in [6.07, 6.45) is -0.354. The summed E-state index contributed by atoms with van der Waals surface area (Å²) in [6.45, 7) is 0.406. The van der Waals surface area contributed by atoms with Crippen molar-refractivity contribution < 1.29 is 23.4 Å². The fourth-order valence-corrected chi connectivity index (χ4v) is 2.06.